The summed E-state index contributed by atoms with van der Waals surface area (Å²) in [7, 11) is 0. The lowest BCUT2D eigenvalue weighted by Crippen LogP contribution is -2.37. The average Bonchev–Trinajstić information content (AvgIpc) is 2.44. The summed E-state index contributed by atoms with van der Waals surface area (Å²) in [5, 5.41) is 12.2. The summed E-state index contributed by atoms with van der Waals surface area (Å²) >= 11 is 6.06. The summed E-state index contributed by atoms with van der Waals surface area (Å²) in [6.07, 6.45) is 0.653. The molecular weight excluding hydrogens is 270 g/mol. The first kappa shape index (κ1) is 14.0. The molecule has 5 nitrogen and oxygen atoms in total. The van der Waals surface area contributed by atoms with Crippen LogP contribution < -0.4 is 14.8 Å². The van der Waals surface area contributed by atoms with Gasteiger partial charge in [-0.1, -0.05) is 18.5 Å². The normalized spacial score (nSPS) is 14.9. The van der Waals surface area contributed by atoms with Gasteiger partial charge in [-0.05, 0) is 18.6 Å². The number of hydrogen-bond acceptors (Lipinski definition) is 4. The number of halogens is 1. The van der Waals surface area contributed by atoms with E-state index in [2.05, 4.69) is 5.32 Å². The van der Waals surface area contributed by atoms with Crippen LogP contribution in [0.5, 0.6) is 11.5 Å². The molecule has 2 rings (SSSR count). The van der Waals surface area contributed by atoms with Crippen LogP contribution >= 0.6 is 11.6 Å². The van der Waals surface area contributed by atoms with Gasteiger partial charge in [-0.25, -0.2) is 0 Å². The van der Waals surface area contributed by atoms with Crippen molar-refractivity contribution >= 4 is 17.5 Å². The summed E-state index contributed by atoms with van der Waals surface area (Å²) in [5.41, 5.74) is 0.390. The Labute approximate surface area is 116 Å². The minimum absolute atomic E-state index is 0.0967. The monoisotopic (exact) mass is 285 g/mol. The van der Waals surface area contributed by atoms with Crippen LogP contribution in [0.1, 0.15) is 23.7 Å². The van der Waals surface area contributed by atoms with Crippen LogP contribution in [0.15, 0.2) is 12.1 Å². The van der Waals surface area contributed by atoms with Crippen LogP contribution in [0.3, 0.4) is 0 Å². The molecule has 0 radical (unpaired) electrons. The number of carbonyl (C=O) groups excluding carboxylic acids is 1. The molecule has 1 aliphatic rings. The molecule has 1 unspecified atom stereocenters. The summed E-state index contributed by atoms with van der Waals surface area (Å²) in [6.45, 7) is 2.67. The molecule has 1 aromatic rings. The Morgan fingerprint density at radius 2 is 2.21 bits per heavy atom. The fourth-order valence-corrected chi connectivity index (χ4v) is 2.05. The molecule has 104 valence electrons. The molecule has 1 aromatic carbocycles. The van der Waals surface area contributed by atoms with Gasteiger partial charge >= 0.3 is 0 Å². The summed E-state index contributed by atoms with van der Waals surface area (Å²) in [5.74, 6) is 0.652. The van der Waals surface area contributed by atoms with Gasteiger partial charge in [-0.3, -0.25) is 4.79 Å². The van der Waals surface area contributed by atoms with Crippen molar-refractivity contribution in [3.63, 3.8) is 0 Å². The van der Waals surface area contributed by atoms with Crippen molar-refractivity contribution in [1.29, 1.82) is 0 Å². The Morgan fingerprint density at radius 3 is 2.89 bits per heavy atom. The number of aliphatic hydroxyl groups is 1. The number of hydrogen-bond donors (Lipinski definition) is 2. The first-order valence-corrected chi connectivity index (χ1v) is 6.54. The van der Waals surface area contributed by atoms with Crippen molar-refractivity contribution < 1.29 is 19.4 Å². The van der Waals surface area contributed by atoms with Crippen molar-refractivity contribution in [2.24, 2.45) is 0 Å². The van der Waals surface area contributed by atoms with E-state index < -0.39 is 0 Å². The van der Waals surface area contributed by atoms with Crippen LogP contribution in [0.2, 0.25) is 5.02 Å². The van der Waals surface area contributed by atoms with Gasteiger partial charge < -0.3 is 19.9 Å². The fourth-order valence-electron chi connectivity index (χ4n) is 1.79. The summed E-state index contributed by atoms with van der Waals surface area (Å²) in [6, 6.07) is 2.87. The minimum atomic E-state index is -0.292. The highest BCUT2D eigenvalue weighted by Gasteiger charge is 2.20. The molecule has 2 N–H and O–H groups in total. The van der Waals surface area contributed by atoms with Crippen LogP contribution in [0.25, 0.3) is 0 Å². The average molecular weight is 286 g/mol. The summed E-state index contributed by atoms with van der Waals surface area (Å²) < 4.78 is 10.8. The molecule has 0 aliphatic carbocycles. The molecule has 19 heavy (non-hydrogen) atoms. The second kappa shape index (κ2) is 6.12. The number of nitrogens with one attached hydrogen (secondary N) is 1. The highest BCUT2D eigenvalue weighted by Crippen LogP contribution is 2.38. The predicted octanol–water partition coefficient (Wildman–Crippen LogP) is 1.61. The van der Waals surface area contributed by atoms with Crippen molar-refractivity contribution in [2.45, 2.75) is 19.4 Å². The first-order chi connectivity index (χ1) is 9.15. The smallest absolute Gasteiger partial charge is 0.251 e. The van der Waals surface area contributed by atoms with Gasteiger partial charge in [-0.2, -0.15) is 0 Å². The van der Waals surface area contributed by atoms with E-state index >= 15 is 0 Å². The maximum absolute atomic E-state index is 12.0. The quantitative estimate of drug-likeness (QED) is 0.882. The van der Waals surface area contributed by atoms with Crippen molar-refractivity contribution in [3.05, 3.63) is 22.7 Å². The number of rotatable bonds is 4. The second-order valence-electron chi connectivity index (χ2n) is 4.24. The molecule has 0 saturated carbocycles. The van der Waals surface area contributed by atoms with E-state index in [9.17, 15) is 4.79 Å². The molecule has 0 fully saturated rings. The van der Waals surface area contributed by atoms with Gasteiger partial charge in [0.2, 0.25) is 0 Å². The van der Waals surface area contributed by atoms with Gasteiger partial charge in [-0.15, -0.1) is 0 Å². The Bertz CT molecular complexity index is 474. The predicted molar refractivity (Wildman–Crippen MR) is 71.1 cm³/mol. The third-order valence-corrected chi connectivity index (χ3v) is 3.19. The standard InChI is InChI=1S/C13H16ClNO4/c1-2-9(7-16)15-13(17)8-5-10(14)12-11(6-8)18-3-4-19-12/h5-6,9,16H,2-4,7H2,1H3,(H,15,17). The van der Waals surface area contributed by atoms with E-state index in [1.54, 1.807) is 6.07 Å². The SMILES string of the molecule is CCC(CO)NC(=O)c1cc(Cl)c2c(c1)OCCO2. The number of aliphatic hydroxyl groups excluding tert-OH is 1. The summed E-state index contributed by atoms with van der Waals surface area (Å²) in [4.78, 5) is 12.0. The molecular formula is C13H16ClNO4. The zero-order chi connectivity index (χ0) is 13.8. The third kappa shape index (κ3) is 3.11. The molecule has 1 amide bonds. The van der Waals surface area contributed by atoms with Gasteiger partial charge in [0.1, 0.15) is 13.2 Å². The van der Waals surface area contributed by atoms with Crippen LogP contribution in [-0.2, 0) is 0 Å². The van der Waals surface area contributed by atoms with Crippen LogP contribution in [-0.4, -0.2) is 36.9 Å². The lowest BCUT2D eigenvalue weighted by Gasteiger charge is -2.20. The number of ether oxygens (including phenoxy) is 2. The Hall–Kier alpha value is -1.46. The highest BCUT2D eigenvalue weighted by atomic mass is 35.5. The van der Waals surface area contributed by atoms with Crippen molar-refractivity contribution in [1.82, 2.24) is 5.32 Å². The molecule has 1 aliphatic heterocycles. The molecule has 0 saturated heterocycles. The molecule has 0 aromatic heterocycles. The maximum Gasteiger partial charge on any atom is 0.251 e. The third-order valence-electron chi connectivity index (χ3n) is 2.91. The highest BCUT2D eigenvalue weighted by molar-refractivity contribution is 6.32. The van der Waals surface area contributed by atoms with E-state index in [1.165, 1.54) is 6.07 Å². The van der Waals surface area contributed by atoms with Gasteiger partial charge in [0.15, 0.2) is 11.5 Å². The van der Waals surface area contributed by atoms with Crippen LogP contribution in [0.4, 0.5) is 0 Å². The van der Waals surface area contributed by atoms with E-state index in [1.807, 2.05) is 6.92 Å². The van der Waals surface area contributed by atoms with E-state index in [0.717, 1.165) is 0 Å². The Balaban J connectivity index is 2.21. The molecule has 6 heteroatoms. The molecule has 1 atom stereocenters. The zero-order valence-corrected chi connectivity index (χ0v) is 11.4. The van der Waals surface area contributed by atoms with Crippen molar-refractivity contribution in [3.8, 4) is 11.5 Å². The molecule has 0 spiro atoms. The van der Waals surface area contributed by atoms with E-state index in [4.69, 9.17) is 26.2 Å². The van der Waals surface area contributed by atoms with Crippen LogP contribution in [0, 0.1) is 0 Å². The Morgan fingerprint density at radius 1 is 1.47 bits per heavy atom. The van der Waals surface area contributed by atoms with Crippen molar-refractivity contribution in [2.75, 3.05) is 19.8 Å². The second-order valence-corrected chi connectivity index (χ2v) is 4.65. The van der Waals surface area contributed by atoms with E-state index in [0.29, 0.717) is 41.7 Å². The number of fused-ring (bicyclic) bond motifs is 1. The number of carbonyl (C=O) groups is 1. The largest absolute Gasteiger partial charge is 0.486 e. The minimum Gasteiger partial charge on any atom is -0.486 e. The maximum atomic E-state index is 12.0. The first-order valence-electron chi connectivity index (χ1n) is 6.16. The number of benzene rings is 1. The lowest BCUT2D eigenvalue weighted by molar-refractivity contribution is 0.0913. The number of amides is 1. The van der Waals surface area contributed by atoms with Gasteiger partial charge in [0, 0.05) is 5.56 Å². The van der Waals surface area contributed by atoms with Gasteiger partial charge in [0.25, 0.3) is 5.91 Å². The zero-order valence-electron chi connectivity index (χ0n) is 10.6. The van der Waals surface area contributed by atoms with E-state index in [-0.39, 0.29) is 18.6 Å². The topological polar surface area (TPSA) is 67.8 Å². The molecule has 0 bridgehead atoms. The Kier molecular flexibility index (Phi) is 4.50. The fraction of sp³-hybridized carbons (Fsp3) is 0.462. The van der Waals surface area contributed by atoms with Gasteiger partial charge in [0.05, 0.1) is 17.7 Å². The lowest BCUT2D eigenvalue weighted by atomic mass is 10.1. The molecule has 1 heterocycles.